The highest BCUT2D eigenvalue weighted by atomic mass is 16.5. The molecule has 0 aromatic heterocycles. The first-order valence-electron chi connectivity index (χ1n) is 9.17. The molecule has 142 valence electrons. The van der Waals surface area contributed by atoms with Crippen LogP contribution in [-0.4, -0.2) is 14.2 Å². The molecule has 0 N–H and O–H groups in total. The van der Waals surface area contributed by atoms with Crippen molar-refractivity contribution in [2.24, 2.45) is 10.1 Å². The number of fused-ring (bicyclic) bond motifs is 6. The number of nitrogens with zero attached hydrogens (tertiary/aromatic N) is 4. The van der Waals surface area contributed by atoms with Gasteiger partial charge in [0.05, 0.1) is 24.7 Å². The van der Waals surface area contributed by atoms with E-state index in [4.69, 9.17) is 16.0 Å². The highest BCUT2D eigenvalue weighted by Crippen LogP contribution is 2.34. The second kappa shape index (κ2) is 6.58. The molecule has 0 fully saturated rings. The molecule has 0 atom stereocenters. The number of benzene rings is 3. The Labute approximate surface area is 171 Å². The van der Waals surface area contributed by atoms with Gasteiger partial charge in [0.1, 0.15) is 11.5 Å². The summed E-state index contributed by atoms with van der Waals surface area (Å²) >= 11 is 0. The van der Waals surface area contributed by atoms with Crippen LogP contribution in [0.25, 0.3) is 48.0 Å². The minimum absolute atomic E-state index is 0.632. The standard InChI is InChI=1S/C24H14N4O2/c1-26-28-24-16-7-5-14(30-3)9-18(16)20-10-21-19(11-22(20)24)17-8-13(29-2)4-6-15(17)23(21)27-12-25/h4-11H,2-3H3/b27-23?,28-24-. The van der Waals surface area contributed by atoms with Crippen molar-refractivity contribution in [2.75, 3.05) is 14.2 Å². The lowest BCUT2D eigenvalue weighted by Crippen LogP contribution is -1.98. The number of nitriles is 1. The van der Waals surface area contributed by atoms with E-state index in [0.29, 0.717) is 10.7 Å². The molecule has 0 spiro atoms. The van der Waals surface area contributed by atoms with E-state index in [0.717, 1.165) is 54.6 Å². The van der Waals surface area contributed by atoms with Crippen molar-refractivity contribution < 1.29 is 9.47 Å². The Morgan fingerprint density at radius 1 is 0.733 bits per heavy atom. The molecule has 5 rings (SSSR count). The van der Waals surface area contributed by atoms with Gasteiger partial charge in [-0.1, -0.05) is 0 Å². The lowest BCUT2D eigenvalue weighted by atomic mass is 10.1. The van der Waals surface area contributed by atoms with Crippen molar-refractivity contribution in [2.45, 2.75) is 0 Å². The van der Waals surface area contributed by atoms with E-state index in [2.05, 4.69) is 15.0 Å². The van der Waals surface area contributed by atoms with Crippen LogP contribution in [0.4, 0.5) is 0 Å². The minimum Gasteiger partial charge on any atom is -0.497 e. The molecule has 6 nitrogen and oxygen atoms in total. The molecule has 0 radical (unpaired) electrons. The average Bonchev–Trinajstić information content (AvgIpc) is 3.25. The zero-order valence-electron chi connectivity index (χ0n) is 16.2. The van der Waals surface area contributed by atoms with Crippen LogP contribution in [0.15, 0.2) is 58.6 Å². The molecule has 0 aliphatic rings. The molecule has 0 bridgehead atoms. The van der Waals surface area contributed by atoms with Crippen molar-refractivity contribution in [3.05, 3.63) is 70.8 Å². The molecule has 0 aliphatic heterocycles. The largest absolute Gasteiger partial charge is 0.497 e. The summed E-state index contributed by atoms with van der Waals surface area (Å²) in [6.45, 7) is 7.28. The van der Waals surface area contributed by atoms with Gasteiger partial charge in [0, 0.05) is 21.5 Å². The van der Waals surface area contributed by atoms with Gasteiger partial charge in [0.15, 0.2) is 5.36 Å². The molecular weight excluding hydrogens is 376 g/mol. The molecule has 0 heterocycles. The van der Waals surface area contributed by atoms with Gasteiger partial charge >= 0.3 is 0 Å². The van der Waals surface area contributed by atoms with Gasteiger partial charge in [-0.25, -0.2) is 0 Å². The first kappa shape index (κ1) is 17.7. The van der Waals surface area contributed by atoms with E-state index in [-0.39, 0.29) is 0 Å². The molecule has 0 unspecified atom stereocenters. The summed E-state index contributed by atoms with van der Waals surface area (Å²) < 4.78 is 10.8. The Bertz CT molecular complexity index is 1560. The van der Waals surface area contributed by atoms with Gasteiger partial charge in [0.2, 0.25) is 6.19 Å². The van der Waals surface area contributed by atoms with Gasteiger partial charge in [-0.3, -0.25) is 0 Å². The molecule has 0 saturated carbocycles. The summed E-state index contributed by atoms with van der Waals surface area (Å²) in [4.78, 5) is 7.40. The second-order valence-corrected chi connectivity index (χ2v) is 6.88. The Kier molecular flexibility index (Phi) is 3.87. The number of hydrogen-bond donors (Lipinski definition) is 0. The Morgan fingerprint density at radius 2 is 1.23 bits per heavy atom. The second-order valence-electron chi connectivity index (χ2n) is 6.88. The van der Waals surface area contributed by atoms with Crippen molar-refractivity contribution in [3.8, 4) is 17.7 Å². The van der Waals surface area contributed by atoms with Crippen LogP contribution >= 0.6 is 0 Å². The van der Waals surface area contributed by atoms with Crippen LogP contribution in [-0.2, 0) is 0 Å². The third kappa shape index (κ3) is 2.35. The monoisotopic (exact) mass is 390 g/mol. The third-order valence-corrected chi connectivity index (χ3v) is 5.52. The molecule has 0 amide bonds. The van der Waals surface area contributed by atoms with Gasteiger partial charge < -0.3 is 9.47 Å². The molecule has 5 aromatic carbocycles. The lowest BCUT2D eigenvalue weighted by Gasteiger charge is -2.00. The summed E-state index contributed by atoms with van der Waals surface area (Å²) in [5, 5.41) is 21.9. The lowest BCUT2D eigenvalue weighted by molar-refractivity contribution is 0.415. The zero-order chi connectivity index (χ0) is 20.8. The van der Waals surface area contributed by atoms with Gasteiger partial charge in [-0.15, -0.1) is 4.95 Å². The van der Waals surface area contributed by atoms with E-state index < -0.39 is 0 Å². The fraction of sp³-hybridized carbons (Fsp3) is 0.0833. The SMILES string of the molecule is [C-]#[N+]/N=c1/c2ccc(OC)cc2c2cc3c(=NC#N)c4ccc(OC)cc4c3cc12. The number of ether oxygens (including phenoxy) is 2. The summed E-state index contributed by atoms with van der Waals surface area (Å²) in [5.41, 5.74) is 0. The van der Waals surface area contributed by atoms with Gasteiger partial charge in [-0.2, -0.15) is 16.8 Å². The number of rotatable bonds is 2. The normalized spacial score (nSPS) is 12.7. The predicted octanol–water partition coefficient (Wildman–Crippen LogP) is 4.31. The summed E-state index contributed by atoms with van der Waals surface area (Å²) in [5.74, 6) is 1.45. The van der Waals surface area contributed by atoms with Crippen molar-refractivity contribution in [1.82, 2.24) is 0 Å². The zero-order valence-corrected chi connectivity index (χ0v) is 16.2. The first-order chi connectivity index (χ1) is 14.7. The topological polar surface area (TPSA) is 71.3 Å². The average molecular weight is 390 g/mol. The van der Waals surface area contributed by atoms with E-state index in [9.17, 15) is 5.26 Å². The molecular formula is C24H14N4O2. The van der Waals surface area contributed by atoms with Crippen molar-refractivity contribution in [3.63, 3.8) is 0 Å². The molecule has 30 heavy (non-hydrogen) atoms. The quantitative estimate of drug-likeness (QED) is 0.256. The fourth-order valence-corrected chi connectivity index (χ4v) is 4.21. The molecule has 6 heteroatoms. The Morgan fingerprint density at radius 3 is 1.73 bits per heavy atom. The van der Waals surface area contributed by atoms with Crippen LogP contribution in [0.1, 0.15) is 0 Å². The van der Waals surface area contributed by atoms with Crippen LogP contribution in [0.3, 0.4) is 0 Å². The third-order valence-electron chi connectivity index (χ3n) is 5.52. The summed E-state index contributed by atoms with van der Waals surface area (Å²) in [7, 11) is 3.24. The molecule has 0 aliphatic carbocycles. The highest BCUT2D eigenvalue weighted by Gasteiger charge is 2.17. The van der Waals surface area contributed by atoms with E-state index in [1.807, 2.05) is 54.7 Å². The molecule has 5 aromatic rings. The van der Waals surface area contributed by atoms with Gasteiger partial charge in [0.25, 0.3) is 0 Å². The maximum absolute atomic E-state index is 9.28. The highest BCUT2D eigenvalue weighted by molar-refractivity contribution is 6.21. The first-order valence-corrected chi connectivity index (χ1v) is 9.17. The maximum atomic E-state index is 9.28. The Hall–Kier alpha value is -4.42. The van der Waals surface area contributed by atoms with Crippen molar-refractivity contribution >= 4 is 43.1 Å². The Balaban J connectivity index is 2.08. The fourth-order valence-electron chi connectivity index (χ4n) is 4.21. The van der Waals surface area contributed by atoms with Crippen molar-refractivity contribution in [1.29, 1.82) is 5.26 Å². The number of hydrogen-bond acceptors (Lipinski definition) is 5. The van der Waals surface area contributed by atoms with Crippen LogP contribution in [0.2, 0.25) is 0 Å². The molecule has 0 saturated heterocycles. The van der Waals surface area contributed by atoms with Crippen LogP contribution in [0, 0.1) is 18.0 Å². The number of methoxy groups -OCH3 is 2. The summed E-state index contributed by atoms with van der Waals surface area (Å²) in [6.07, 6.45) is 1.93. The smallest absolute Gasteiger partial charge is 0.206 e. The van der Waals surface area contributed by atoms with E-state index in [1.54, 1.807) is 14.2 Å². The van der Waals surface area contributed by atoms with Crippen LogP contribution < -0.4 is 20.2 Å². The summed E-state index contributed by atoms with van der Waals surface area (Å²) in [6, 6.07) is 15.5. The van der Waals surface area contributed by atoms with Gasteiger partial charge in [-0.05, 0) is 70.1 Å². The maximum Gasteiger partial charge on any atom is 0.206 e. The van der Waals surface area contributed by atoms with Crippen LogP contribution in [0.5, 0.6) is 11.5 Å². The predicted molar refractivity (Wildman–Crippen MR) is 115 cm³/mol. The van der Waals surface area contributed by atoms with E-state index >= 15 is 0 Å². The minimum atomic E-state index is 0.632. The van der Waals surface area contributed by atoms with E-state index in [1.165, 1.54) is 0 Å².